The van der Waals surface area contributed by atoms with Gasteiger partial charge in [-0.05, 0) is 52.2 Å². The summed E-state index contributed by atoms with van der Waals surface area (Å²) in [5.74, 6) is -0.488. The van der Waals surface area contributed by atoms with Crippen molar-refractivity contribution in [2.75, 3.05) is 26.1 Å². The molecule has 164 valence electrons. The third kappa shape index (κ3) is 3.96. The normalized spacial score (nSPS) is 15.9. The molecular weight excluding hydrogens is 490 g/mol. The summed E-state index contributed by atoms with van der Waals surface area (Å²) in [6.07, 6.45) is 1.85. The van der Waals surface area contributed by atoms with Crippen molar-refractivity contribution in [1.29, 1.82) is 0 Å². The summed E-state index contributed by atoms with van der Waals surface area (Å²) in [5.41, 5.74) is 3.50. The molecule has 0 bridgehead atoms. The summed E-state index contributed by atoms with van der Waals surface area (Å²) in [6.45, 7) is 1.77. The molecule has 1 atom stereocenters. The van der Waals surface area contributed by atoms with E-state index in [-0.39, 0.29) is 5.56 Å². The number of methoxy groups -OCH3 is 1. The standard InChI is InChI=1S/C24H22BrN3O3S/c1-14-20(23(30)31-4)21(16-8-6-5-7-9-16)28-22(29)19(32-24(28)26-14)13-15-10-11-18(27(2)3)17(25)12-15/h5-13,21H,1-4H3. The molecule has 3 aromatic rings. The molecule has 0 saturated heterocycles. The number of benzene rings is 2. The first-order chi connectivity index (χ1) is 15.3. The van der Waals surface area contributed by atoms with Gasteiger partial charge in [0.1, 0.15) is 0 Å². The van der Waals surface area contributed by atoms with Crippen molar-refractivity contribution >= 4 is 45.0 Å². The fourth-order valence-corrected chi connectivity index (χ4v) is 5.57. The van der Waals surface area contributed by atoms with E-state index in [0.29, 0.717) is 20.6 Å². The first-order valence-electron chi connectivity index (χ1n) is 9.94. The Bertz CT molecular complexity index is 1400. The van der Waals surface area contributed by atoms with Crippen LogP contribution in [0, 0.1) is 0 Å². The number of carbonyl (C=O) groups is 1. The van der Waals surface area contributed by atoms with Crippen LogP contribution in [0.2, 0.25) is 0 Å². The van der Waals surface area contributed by atoms with Gasteiger partial charge >= 0.3 is 5.97 Å². The fraction of sp³-hybridized carbons (Fsp3) is 0.208. The number of esters is 1. The number of fused-ring (bicyclic) bond motifs is 1. The highest BCUT2D eigenvalue weighted by Crippen LogP contribution is 2.30. The van der Waals surface area contributed by atoms with Gasteiger partial charge in [0.15, 0.2) is 4.80 Å². The van der Waals surface area contributed by atoms with Crippen LogP contribution in [0.1, 0.15) is 24.1 Å². The van der Waals surface area contributed by atoms with Crippen molar-refractivity contribution in [2.45, 2.75) is 13.0 Å². The maximum Gasteiger partial charge on any atom is 0.338 e. The highest BCUT2D eigenvalue weighted by atomic mass is 79.9. The van der Waals surface area contributed by atoms with Crippen LogP contribution in [-0.4, -0.2) is 31.7 Å². The van der Waals surface area contributed by atoms with Crippen LogP contribution in [0.3, 0.4) is 0 Å². The van der Waals surface area contributed by atoms with E-state index in [2.05, 4.69) is 20.9 Å². The van der Waals surface area contributed by atoms with E-state index < -0.39 is 12.0 Å². The smallest absolute Gasteiger partial charge is 0.338 e. The zero-order valence-corrected chi connectivity index (χ0v) is 20.5. The van der Waals surface area contributed by atoms with Crippen molar-refractivity contribution in [2.24, 2.45) is 4.99 Å². The molecule has 0 amide bonds. The molecule has 1 unspecified atom stereocenters. The zero-order chi connectivity index (χ0) is 23.0. The second-order valence-electron chi connectivity index (χ2n) is 7.59. The molecule has 0 saturated carbocycles. The Kier molecular flexibility index (Phi) is 6.17. The van der Waals surface area contributed by atoms with Crippen molar-refractivity contribution in [1.82, 2.24) is 4.57 Å². The number of halogens is 1. The summed E-state index contributed by atoms with van der Waals surface area (Å²) < 4.78 is 8.11. The summed E-state index contributed by atoms with van der Waals surface area (Å²) in [5, 5.41) is 0. The number of hydrogen-bond donors (Lipinski definition) is 0. The summed E-state index contributed by atoms with van der Waals surface area (Å²) in [7, 11) is 5.29. The topological polar surface area (TPSA) is 63.9 Å². The number of hydrogen-bond acceptors (Lipinski definition) is 6. The van der Waals surface area contributed by atoms with E-state index in [4.69, 9.17) is 4.74 Å². The van der Waals surface area contributed by atoms with Crippen LogP contribution in [0.4, 0.5) is 5.69 Å². The van der Waals surface area contributed by atoms with Crippen molar-refractivity contribution in [3.05, 3.63) is 95.1 Å². The fourth-order valence-electron chi connectivity index (χ4n) is 3.77. The molecule has 0 radical (unpaired) electrons. The minimum absolute atomic E-state index is 0.190. The average Bonchev–Trinajstić information content (AvgIpc) is 3.07. The number of nitrogens with zero attached hydrogens (tertiary/aromatic N) is 3. The predicted molar refractivity (Wildman–Crippen MR) is 131 cm³/mol. The van der Waals surface area contributed by atoms with Crippen LogP contribution in [0.25, 0.3) is 6.08 Å². The van der Waals surface area contributed by atoms with Crippen molar-refractivity contribution < 1.29 is 9.53 Å². The van der Waals surface area contributed by atoms with Crippen LogP contribution in [-0.2, 0) is 9.53 Å². The lowest BCUT2D eigenvalue weighted by molar-refractivity contribution is -0.136. The Morgan fingerprint density at radius 3 is 2.56 bits per heavy atom. The minimum atomic E-state index is -0.593. The largest absolute Gasteiger partial charge is 0.466 e. The number of aromatic nitrogens is 1. The maximum atomic E-state index is 13.5. The molecular formula is C24H22BrN3O3S. The molecule has 0 fully saturated rings. The van der Waals surface area contributed by atoms with Gasteiger partial charge in [-0.25, -0.2) is 9.79 Å². The Morgan fingerprint density at radius 2 is 1.94 bits per heavy atom. The van der Waals surface area contributed by atoms with E-state index in [1.54, 1.807) is 11.5 Å². The van der Waals surface area contributed by atoms with Gasteiger partial charge in [-0.1, -0.05) is 47.7 Å². The SMILES string of the molecule is COC(=O)C1=C(C)N=c2sc(=Cc3ccc(N(C)C)c(Br)c3)c(=O)n2C1c1ccccc1. The molecule has 4 rings (SSSR count). The van der Waals surface area contributed by atoms with Crippen LogP contribution in [0.5, 0.6) is 0 Å². The summed E-state index contributed by atoms with van der Waals surface area (Å²) in [4.78, 5) is 33.3. The Balaban J connectivity index is 1.92. The van der Waals surface area contributed by atoms with Crippen molar-refractivity contribution in [3.8, 4) is 0 Å². The van der Waals surface area contributed by atoms with Crippen molar-refractivity contribution in [3.63, 3.8) is 0 Å². The van der Waals surface area contributed by atoms with E-state index >= 15 is 0 Å². The summed E-state index contributed by atoms with van der Waals surface area (Å²) in [6, 6.07) is 14.8. The Labute approximate surface area is 197 Å². The van der Waals surface area contributed by atoms with Gasteiger partial charge in [0.2, 0.25) is 0 Å². The number of anilines is 1. The van der Waals surface area contributed by atoms with Crippen LogP contribution < -0.4 is 19.8 Å². The third-order valence-corrected chi connectivity index (χ3v) is 6.91. The van der Waals surface area contributed by atoms with E-state index in [1.165, 1.54) is 18.4 Å². The second-order valence-corrected chi connectivity index (χ2v) is 9.45. The van der Waals surface area contributed by atoms with Crippen LogP contribution in [0.15, 0.2) is 74.1 Å². The van der Waals surface area contributed by atoms with Gasteiger partial charge in [-0.15, -0.1) is 0 Å². The summed E-state index contributed by atoms with van der Waals surface area (Å²) >= 11 is 4.91. The van der Waals surface area contributed by atoms with Gasteiger partial charge in [0.25, 0.3) is 5.56 Å². The first-order valence-corrected chi connectivity index (χ1v) is 11.6. The molecule has 1 aliphatic rings. The number of ether oxygens (including phenoxy) is 1. The lowest BCUT2D eigenvalue weighted by Crippen LogP contribution is -2.39. The molecule has 1 aliphatic heterocycles. The van der Waals surface area contributed by atoms with Gasteiger partial charge in [-0.3, -0.25) is 9.36 Å². The Morgan fingerprint density at radius 1 is 1.22 bits per heavy atom. The van der Waals surface area contributed by atoms with E-state index in [0.717, 1.165) is 21.3 Å². The molecule has 2 aromatic carbocycles. The average molecular weight is 512 g/mol. The highest BCUT2D eigenvalue weighted by Gasteiger charge is 2.32. The maximum absolute atomic E-state index is 13.5. The van der Waals surface area contributed by atoms with E-state index in [1.807, 2.05) is 73.6 Å². The first kappa shape index (κ1) is 22.2. The number of allylic oxidation sites excluding steroid dienone is 1. The predicted octanol–water partition coefficient (Wildman–Crippen LogP) is 3.24. The molecule has 0 aliphatic carbocycles. The lowest BCUT2D eigenvalue weighted by atomic mass is 9.96. The molecule has 0 N–H and O–H groups in total. The van der Waals surface area contributed by atoms with Gasteiger partial charge in [0, 0.05) is 18.6 Å². The second kappa shape index (κ2) is 8.88. The Hall–Kier alpha value is -2.97. The van der Waals surface area contributed by atoms with Crippen LogP contribution >= 0.6 is 27.3 Å². The minimum Gasteiger partial charge on any atom is -0.466 e. The quantitative estimate of drug-likeness (QED) is 0.504. The highest BCUT2D eigenvalue weighted by molar-refractivity contribution is 9.10. The monoisotopic (exact) mass is 511 g/mol. The molecule has 0 spiro atoms. The number of thiazole rings is 1. The molecule has 2 heterocycles. The molecule has 32 heavy (non-hydrogen) atoms. The lowest BCUT2D eigenvalue weighted by Gasteiger charge is -2.24. The van der Waals surface area contributed by atoms with E-state index in [9.17, 15) is 9.59 Å². The van der Waals surface area contributed by atoms with Gasteiger partial charge in [0.05, 0.1) is 34.6 Å². The van der Waals surface area contributed by atoms with Gasteiger partial charge in [-0.2, -0.15) is 0 Å². The number of carbonyl (C=O) groups excluding carboxylic acids is 1. The molecule has 6 nitrogen and oxygen atoms in total. The molecule has 8 heteroatoms. The zero-order valence-electron chi connectivity index (χ0n) is 18.1. The number of rotatable bonds is 4. The molecule has 1 aromatic heterocycles. The van der Waals surface area contributed by atoms with Gasteiger partial charge < -0.3 is 9.64 Å². The third-order valence-electron chi connectivity index (χ3n) is 5.29.